The normalized spacial score (nSPS) is 9.88. The quantitative estimate of drug-likeness (QED) is 0.515. The van der Waals surface area contributed by atoms with Crippen LogP contribution in [0.5, 0.6) is 0 Å². The number of carbonyl (C=O) groups is 1. The van der Waals surface area contributed by atoms with Crippen LogP contribution in [0.1, 0.15) is 6.42 Å². The molecular formula is C9H8Cl2N2O3. The summed E-state index contributed by atoms with van der Waals surface area (Å²) in [7, 11) is 0. The smallest absolute Gasteiger partial charge is 0.288 e. The summed E-state index contributed by atoms with van der Waals surface area (Å²) in [5.41, 5.74) is 0.211. The third-order valence-corrected chi connectivity index (χ3v) is 2.24. The predicted octanol–water partition coefficient (Wildman–Crippen LogP) is 2.82. The third-order valence-electron chi connectivity index (χ3n) is 1.75. The van der Waals surface area contributed by atoms with Gasteiger partial charge in [-0.15, -0.1) is 11.6 Å². The van der Waals surface area contributed by atoms with Crippen LogP contribution in [-0.2, 0) is 4.79 Å². The second kappa shape index (κ2) is 5.67. The highest BCUT2D eigenvalue weighted by Gasteiger charge is 2.12. The average Bonchev–Trinajstić information content (AvgIpc) is 2.17. The first-order valence-electron chi connectivity index (χ1n) is 4.34. The minimum atomic E-state index is -0.591. The van der Waals surface area contributed by atoms with E-state index in [0.29, 0.717) is 5.69 Å². The van der Waals surface area contributed by atoms with Gasteiger partial charge in [0.15, 0.2) is 0 Å². The second-order valence-electron chi connectivity index (χ2n) is 2.91. The van der Waals surface area contributed by atoms with E-state index in [4.69, 9.17) is 23.2 Å². The zero-order valence-electron chi connectivity index (χ0n) is 8.07. The van der Waals surface area contributed by atoms with E-state index >= 15 is 0 Å². The molecule has 0 atom stereocenters. The Morgan fingerprint density at radius 1 is 1.50 bits per heavy atom. The number of rotatable bonds is 4. The molecule has 0 aliphatic rings. The summed E-state index contributed by atoms with van der Waals surface area (Å²) in [6, 6.07) is 3.97. The zero-order chi connectivity index (χ0) is 12.1. The van der Waals surface area contributed by atoms with Gasteiger partial charge < -0.3 is 5.32 Å². The Morgan fingerprint density at radius 3 is 2.69 bits per heavy atom. The number of carbonyl (C=O) groups excluding carboxylic acids is 1. The number of anilines is 1. The molecule has 0 radical (unpaired) electrons. The third kappa shape index (κ3) is 3.36. The van der Waals surface area contributed by atoms with Crippen LogP contribution in [0.3, 0.4) is 0 Å². The number of benzene rings is 1. The van der Waals surface area contributed by atoms with Crippen molar-refractivity contribution in [1.82, 2.24) is 0 Å². The molecule has 0 heterocycles. The zero-order valence-corrected chi connectivity index (χ0v) is 9.59. The van der Waals surface area contributed by atoms with Gasteiger partial charge in [-0.3, -0.25) is 14.9 Å². The van der Waals surface area contributed by atoms with E-state index in [1.165, 1.54) is 18.2 Å². The molecule has 0 aromatic heterocycles. The van der Waals surface area contributed by atoms with Gasteiger partial charge in [-0.2, -0.15) is 0 Å². The second-order valence-corrected chi connectivity index (χ2v) is 3.70. The summed E-state index contributed by atoms with van der Waals surface area (Å²) in [6.45, 7) is 0. The van der Waals surface area contributed by atoms with Crippen molar-refractivity contribution in [3.05, 3.63) is 33.3 Å². The van der Waals surface area contributed by atoms with E-state index < -0.39 is 4.92 Å². The first-order valence-corrected chi connectivity index (χ1v) is 5.25. The van der Waals surface area contributed by atoms with Crippen LogP contribution in [-0.4, -0.2) is 16.7 Å². The Kier molecular flexibility index (Phi) is 4.52. The standard InChI is InChI=1S/C9H8Cl2N2O3/c10-4-3-9(14)12-6-1-2-8(13(15)16)7(11)5-6/h1-2,5H,3-4H2,(H,12,14). The summed E-state index contributed by atoms with van der Waals surface area (Å²) >= 11 is 11.1. The Hall–Kier alpha value is -1.33. The first-order chi connectivity index (χ1) is 7.54. The summed E-state index contributed by atoms with van der Waals surface area (Å²) in [5.74, 6) is -0.0491. The highest BCUT2D eigenvalue weighted by atomic mass is 35.5. The molecule has 0 aliphatic heterocycles. The topological polar surface area (TPSA) is 72.2 Å². The van der Waals surface area contributed by atoms with Crippen molar-refractivity contribution >= 4 is 40.5 Å². The number of nitro groups is 1. The maximum Gasteiger partial charge on any atom is 0.288 e. The lowest BCUT2D eigenvalue weighted by atomic mass is 10.2. The molecule has 0 spiro atoms. The summed E-state index contributed by atoms with van der Waals surface area (Å²) in [6.07, 6.45) is 0.177. The number of hydrogen-bond donors (Lipinski definition) is 1. The highest BCUT2D eigenvalue weighted by Crippen LogP contribution is 2.27. The molecule has 0 aliphatic carbocycles. The maximum absolute atomic E-state index is 11.2. The Labute approximate surface area is 101 Å². The fourth-order valence-electron chi connectivity index (χ4n) is 1.04. The highest BCUT2D eigenvalue weighted by molar-refractivity contribution is 6.33. The van der Waals surface area contributed by atoms with Crippen molar-refractivity contribution in [3.63, 3.8) is 0 Å². The van der Waals surface area contributed by atoms with E-state index in [-0.39, 0.29) is 28.9 Å². The molecule has 7 heteroatoms. The van der Waals surface area contributed by atoms with Crippen molar-refractivity contribution in [1.29, 1.82) is 0 Å². The molecule has 0 unspecified atom stereocenters. The molecule has 0 saturated heterocycles. The number of hydrogen-bond acceptors (Lipinski definition) is 3. The lowest BCUT2D eigenvalue weighted by molar-refractivity contribution is -0.384. The van der Waals surface area contributed by atoms with Crippen LogP contribution < -0.4 is 5.32 Å². The SMILES string of the molecule is O=C(CCCl)Nc1ccc([N+](=O)[O-])c(Cl)c1. The van der Waals surface area contributed by atoms with Crippen molar-refractivity contribution < 1.29 is 9.72 Å². The molecule has 1 aromatic rings. The maximum atomic E-state index is 11.2. The molecule has 16 heavy (non-hydrogen) atoms. The van der Waals surface area contributed by atoms with E-state index in [2.05, 4.69) is 5.32 Å². The minimum absolute atomic E-state index is 0.0197. The van der Waals surface area contributed by atoms with Gasteiger partial charge in [-0.05, 0) is 12.1 Å². The predicted molar refractivity (Wildman–Crippen MR) is 62.1 cm³/mol. The van der Waals surface area contributed by atoms with E-state index in [1.807, 2.05) is 0 Å². The van der Waals surface area contributed by atoms with Gasteiger partial charge in [0, 0.05) is 24.1 Å². The van der Waals surface area contributed by atoms with Crippen molar-refractivity contribution in [2.75, 3.05) is 11.2 Å². The van der Waals surface area contributed by atoms with E-state index in [1.54, 1.807) is 0 Å². The number of halogens is 2. The van der Waals surface area contributed by atoms with E-state index in [0.717, 1.165) is 0 Å². The largest absolute Gasteiger partial charge is 0.326 e. The molecule has 86 valence electrons. The number of nitro benzene ring substituents is 1. The van der Waals surface area contributed by atoms with Gasteiger partial charge in [-0.1, -0.05) is 11.6 Å². The van der Waals surface area contributed by atoms with Crippen LogP contribution in [0.25, 0.3) is 0 Å². The van der Waals surface area contributed by atoms with Gasteiger partial charge in [0.25, 0.3) is 5.69 Å². The van der Waals surface area contributed by atoms with Gasteiger partial charge in [-0.25, -0.2) is 0 Å². The molecule has 1 N–H and O–H groups in total. The monoisotopic (exact) mass is 262 g/mol. The molecule has 1 aromatic carbocycles. The lowest BCUT2D eigenvalue weighted by Crippen LogP contribution is -2.11. The first kappa shape index (κ1) is 12.7. The molecule has 0 bridgehead atoms. The molecule has 1 rings (SSSR count). The lowest BCUT2D eigenvalue weighted by Gasteiger charge is -2.04. The van der Waals surface area contributed by atoms with Crippen LogP contribution >= 0.6 is 23.2 Å². The number of amides is 1. The van der Waals surface area contributed by atoms with Gasteiger partial charge in [0.05, 0.1) is 4.92 Å². The van der Waals surface area contributed by atoms with Gasteiger partial charge in [0.1, 0.15) is 5.02 Å². The molecule has 0 saturated carbocycles. The van der Waals surface area contributed by atoms with E-state index in [9.17, 15) is 14.9 Å². The summed E-state index contributed by atoms with van der Waals surface area (Å²) in [5, 5.41) is 13.0. The number of nitrogens with one attached hydrogen (secondary N) is 1. The Balaban J connectivity index is 2.81. The molecule has 5 nitrogen and oxygen atoms in total. The Bertz CT molecular complexity index is 423. The van der Waals surface area contributed by atoms with Crippen molar-refractivity contribution in [2.24, 2.45) is 0 Å². The van der Waals surface area contributed by atoms with Crippen LogP contribution in [0, 0.1) is 10.1 Å². The molecule has 1 amide bonds. The van der Waals surface area contributed by atoms with Crippen molar-refractivity contribution in [3.8, 4) is 0 Å². The summed E-state index contributed by atoms with van der Waals surface area (Å²) < 4.78 is 0. The summed E-state index contributed by atoms with van der Waals surface area (Å²) in [4.78, 5) is 21.1. The molecular weight excluding hydrogens is 255 g/mol. The minimum Gasteiger partial charge on any atom is -0.326 e. The van der Waals surface area contributed by atoms with Crippen LogP contribution in [0.15, 0.2) is 18.2 Å². The fraction of sp³-hybridized carbons (Fsp3) is 0.222. The number of alkyl halides is 1. The molecule has 0 fully saturated rings. The average molecular weight is 263 g/mol. The van der Waals surface area contributed by atoms with Crippen LogP contribution in [0.2, 0.25) is 5.02 Å². The number of nitrogens with zero attached hydrogens (tertiary/aromatic N) is 1. The van der Waals surface area contributed by atoms with Gasteiger partial charge in [0.2, 0.25) is 5.91 Å². The van der Waals surface area contributed by atoms with Crippen LogP contribution in [0.4, 0.5) is 11.4 Å². The van der Waals surface area contributed by atoms with Gasteiger partial charge >= 0.3 is 0 Å². The van der Waals surface area contributed by atoms with Crippen molar-refractivity contribution in [2.45, 2.75) is 6.42 Å². The fourth-order valence-corrected chi connectivity index (χ4v) is 1.46. The Morgan fingerprint density at radius 2 is 2.19 bits per heavy atom.